The molecule has 2 amide bonds. The first kappa shape index (κ1) is 34.5. The van der Waals surface area contributed by atoms with Crippen molar-refractivity contribution >= 4 is 17.6 Å². The quantitative estimate of drug-likeness (QED) is 0.313. The SMILES string of the molecule is CCN(C(=O)c1cc(F)ccc1Oc1nncnc1N1CCC2(C1)CN(C(CCCN(C)CCNC(C)=O)C(C)C)C2)C(C)C. The van der Waals surface area contributed by atoms with Gasteiger partial charge in [0.2, 0.25) is 5.91 Å². The van der Waals surface area contributed by atoms with Crippen LogP contribution in [0.5, 0.6) is 11.6 Å². The number of halogens is 1. The number of aromatic nitrogens is 3. The molecule has 1 aromatic heterocycles. The Morgan fingerprint density at radius 2 is 1.91 bits per heavy atom. The molecular weight excluding hydrogens is 575 g/mol. The van der Waals surface area contributed by atoms with Crippen LogP contribution in [0.2, 0.25) is 0 Å². The molecule has 12 heteroatoms. The summed E-state index contributed by atoms with van der Waals surface area (Å²) in [6.07, 6.45) is 4.71. The predicted molar refractivity (Wildman–Crippen MR) is 173 cm³/mol. The van der Waals surface area contributed by atoms with Crippen LogP contribution in [0.3, 0.4) is 0 Å². The molecule has 45 heavy (non-hydrogen) atoms. The highest BCUT2D eigenvalue weighted by molar-refractivity contribution is 5.97. The van der Waals surface area contributed by atoms with Gasteiger partial charge in [-0.1, -0.05) is 13.8 Å². The number of carbonyl (C=O) groups is 2. The van der Waals surface area contributed by atoms with Gasteiger partial charge in [-0.15, -0.1) is 10.2 Å². The van der Waals surface area contributed by atoms with Gasteiger partial charge in [0.25, 0.3) is 11.8 Å². The van der Waals surface area contributed by atoms with E-state index in [9.17, 15) is 14.0 Å². The van der Waals surface area contributed by atoms with E-state index < -0.39 is 5.82 Å². The maximum absolute atomic E-state index is 14.3. The highest BCUT2D eigenvalue weighted by Crippen LogP contribution is 2.44. The highest BCUT2D eigenvalue weighted by Gasteiger charge is 2.50. The second-order valence-corrected chi connectivity index (χ2v) is 13.3. The summed E-state index contributed by atoms with van der Waals surface area (Å²) in [7, 11) is 2.11. The molecule has 1 spiro atoms. The van der Waals surface area contributed by atoms with Crippen molar-refractivity contribution in [1.29, 1.82) is 0 Å². The zero-order valence-electron chi connectivity index (χ0n) is 28.1. The van der Waals surface area contributed by atoms with Crippen molar-refractivity contribution in [3.05, 3.63) is 35.9 Å². The number of ether oxygens (including phenoxy) is 1. The molecule has 2 aliphatic rings. The summed E-state index contributed by atoms with van der Waals surface area (Å²) in [6.45, 7) is 18.7. The largest absolute Gasteiger partial charge is 0.434 e. The lowest BCUT2D eigenvalue weighted by Gasteiger charge is -2.53. The summed E-state index contributed by atoms with van der Waals surface area (Å²) in [6, 6.07) is 4.44. The summed E-state index contributed by atoms with van der Waals surface area (Å²) in [5, 5.41) is 11.1. The second-order valence-electron chi connectivity index (χ2n) is 13.3. The van der Waals surface area contributed by atoms with Gasteiger partial charge >= 0.3 is 0 Å². The van der Waals surface area contributed by atoms with Crippen LogP contribution >= 0.6 is 0 Å². The fourth-order valence-electron chi connectivity index (χ4n) is 6.77. The molecule has 1 atom stereocenters. The van der Waals surface area contributed by atoms with Crippen LogP contribution in [0.25, 0.3) is 0 Å². The van der Waals surface area contributed by atoms with Gasteiger partial charge in [0.15, 0.2) is 5.82 Å². The van der Waals surface area contributed by atoms with Crippen molar-refractivity contribution < 1.29 is 18.7 Å². The molecule has 2 fully saturated rings. The maximum atomic E-state index is 14.3. The third-order valence-electron chi connectivity index (χ3n) is 9.14. The summed E-state index contributed by atoms with van der Waals surface area (Å²) in [5.74, 6) is 0.790. The number of carbonyl (C=O) groups excluding carboxylic acids is 2. The molecule has 0 radical (unpaired) electrons. The monoisotopic (exact) mass is 626 g/mol. The number of likely N-dealkylation sites (N-methyl/N-ethyl adjacent to an activating group) is 1. The number of likely N-dealkylation sites (tertiary alicyclic amines) is 1. The lowest BCUT2D eigenvalue weighted by molar-refractivity contribution is -0.119. The van der Waals surface area contributed by atoms with Crippen molar-refractivity contribution in [2.75, 3.05) is 64.3 Å². The predicted octanol–water partition coefficient (Wildman–Crippen LogP) is 4.06. The zero-order valence-corrected chi connectivity index (χ0v) is 28.1. The molecular formula is C33H51FN8O3. The minimum atomic E-state index is -0.507. The number of rotatable bonds is 15. The van der Waals surface area contributed by atoms with Crippen LogP contribution < -0.4 is 15.0 Å². The summed E-state index contributed by atoms with van der Waals surface area (Å²) >= 11 is 0. The summed E-state index contributed by atoms with van der Waals surface area (Å²) < 4.78 is 20.5. The molecule has 2 saturated heterocycles. The molecule has 2 aromatic rings. The number of benzene rings is 1. The van der Waals surface area contributed by atoms with E-state index in [2.05, 4.69) is 56.1 Å². The van der Waals surface area contributed by atoms with Crippen LogP contribution in [-0.4, -0.2) is 113 Å². The Morgan fingerprint density at radius 3 is 2.58 bits per heavy atom. The first-order valence-corrected chi connectivity index (χ1v) is 16.3. The molecule has 1 aromatic carbocycles. The van der Waals surface area contributed by atoms with Gasteiger partial charge in [0.05, 0.1) is 5.56 Å². The van der Waals surface area contributed by atoms with Crippen molar-refractivity contribution in [1.82, 2.24) is 35.2 Å². The maximum Gasteiger partial charge on any atom is 0.282 e. The average molecular weight is 627 g/mol. The number of hydrogen-bond donors (Lipinski definition) is 1. The Morgan fingerprint density at radius 1 is 1.16 bits per heavy atom. The molecule has 0 aliphatic carbocycles. The molecule has 0 bridgehead atoms. The Bertz CT molecular complexity index is 1300. The van der Waals surface area contributed by atoms with E-state index in [1.54, 1.807) is 11.8 Å². The van der Waals surface area contributed by atoms with Crippen molar-refractivity contribution in [3.8, 4) is 11.6 Å². The number of hydrogen-bond acceptors (Lipinski definition) is 9. The van der Waals surface area contributed by atoms with Crippen LogP contribution in [-0.2, 0) is 4.79 Å². The van der Waals surface area contributed by atoms with Crippen LogP contribution in [0, 0.1) is 17.2 Å². The van der Waals surface area contributed by atoms with Crippen LogP contribution in [0.1, 0.15) is 71.2 Å². The van der Waals surface area contributed by atoms with Gasteiger partial charge < -0.3 is 24.8 Å². The molecule has 0 saturated carbocycles. The average Bonchev–Trinajstić information content (AvgIpc) is 3.41. The minimum Gasteiger partial charge on any atom is -0.434 e. The lowest BCUT2D eigenvalue weighted by atomic mass is 9.76. The molecule has 248 valence electrons. The van der Waals surface area contributed by atoms with Gasteiger partial charge in [0.1, 0.15) is 17.9 Å². The smallest absolute Gasteiger partial charge is 0.282 e. The Balaban J connectivity index is 1.38. The number of nitrogens with zero attached hydrogens (tertiary/aromatic N) is 7. The van der Waals surface area contributed by atoms with E-state index >= 15 is 0 Å². The van der Waals surface area contributed by atoms with E-state index in [-0.39, 0.29) is 40.5 Å². The molecule has 11 nitrogen and oxygen atoms in total. The number of amides is 2. The zero-order chi connectivity index (χ0) is 32.7. The normalized spacial score (nSPS) is 16.8. The highest BCUT2D eigenvalue weighted by atomic mass is 19.1. The second kappa shape index (κ2) is 15.3. The molecule has 1 N–H and O–H groups in total. The summed E-state index contributed by atoms with van der Waals surface area (Å²) in [4.78, 5) is 37.8. The fourth-order valence-corrected chi connectivity index (χ4v) is 6.77. The molecule has 3 heterocycles. The first-order valence-electron chi connectivity index (χ1n) is 16.3. The van der Waals surface area contributed by atoms with E-state index in [1.807, 2.05) is 20.8 Å². The third kappa shape index (κ3) is 8.66. The van der Waals surface area contributed by atoms with Crippen LogP contribution in [0.4, 0.5) is 10.2 Å². The van der Waals surface area contributed by atoms with Gasteiger partial charge in [-0.3, -0.25) is 14.5 Å². The van der Waals surface area contributed by atoms with E-state index in [0.717, 1.165) is 58.5 Å². The summed E-state index contributed by atoms with van der Waals surface area (Å²) in [5.41, 5.74) is 0.328. The van der Waals surface area contributed by atoms with Gasteiger partial charge in [-0.25, -0.2) is 9.37 Å². The van der Waals surface area contributed by atoms with Crippen molar-refractivity contribution in [2.45, 2.75) is 72.9 Å². The van der Waals surface area contributed by atoms with Gasteiger partial charge in [-0.2, -0.15) is 0 Å². The molecule has 1 unspecified atom stereocenters. The van der Waals surface area contributed by atoms with E-state index in [0.29, 0.717) is 30.9 Å². The standard InChI is InChI=1S/C33H51FN8O3/c1-8-42(24(4)5)32(44)27-18-26(34)11-12-29(27)45-31-30(36-22-37-38-31)40-16-13-33(19-40)20-41(21-33)28(23(2)3)10-9-15-39(7)17-14-35-25(6)43/h11-12,18,22-24,28H,8-10,13-17,19-21H2,1-7H3,(H,35,43). The molecule has 2 aliphatic heterocycles. The Kier molecular flexibility index (Phi) is 11.7. The number of anilines is 1. The third-order valence-corrected chi connectivity index (χ3v) is 9.14. The fraction of sp³-hybridized carbons (Fsp3) is 0.667. The van der Waals surface area contributed by atoms with Gasteiger partial charge in [-0.05, 0) is 77.7 Å². The van der Waals surface area contributed by atoms with Gasteiger partial charge in [0, 0.05) is 70.2 Å². The minimum absolute atomic E-state index is 0.0132. The van der Waals surface area contributed by atoms with Crippen LogP contribution in [0.15, 0.2) is 24.5 Å². The topological polar surface area (TPSA) is 107 Å². The molecule has 4 rings (SSSR count). The lowest BCUT2D eigenvalue weighted by Crippen LogP contribution is -2.62. The Labute approximate surface area is 267 Å². The van der Waals surface area contributed by atoms with E-state index in [1.165, 1.54) is 24.5 Å². The van der Waals surface area contributed by atoms with E-state index in [4.69, 9.17) is 4.74 Å². The number of nitrogens with one attached hydrogen (secondary N) is 1. The van der Waals surface area contributed by atoms with Crippen molar-refractivity contribution in [2.24, 2.45) is 11.3 Å². The first-order chi connectivity index (χ1) is 21.4. The Hall–Kier alpha value is -3.38. The van der Waals surface area contributed by atoms with Crippen molar-refractivity contribution in [3.63, 3.8) is 0 Å².